The largest absolute Gasteiger partial charge is 0.480 e. The second kappa shape index (κ2) is 8.22. The smallest absolute Gasteiger partial charge is 0.329 e. The Kier molecular flexibility index (Phi) is 6.95. The number of aliphatic carboxylic acids is 1. The van der Waals surface area contributed by atoms with E-state index in [1.807, 2.05) is 18.7 Å². The van der Waals surface area contributed by atoms with Gasteiger partial charge in [-0.25, -0.2) is 9.59 Å². The molecule has 1 unspecified atom stereocenters. The summed E-state index contributed by atoms with van der Waals surface area (Å²) in [7, 11) is 0. The summed E-state index contributed by atoms with van der Waals surface area (Å²) < 4.78 is 0. The van der Waals surface area contributed by atoms with Crippen molar-refractivity contribution in [1.29, 1.82) is 0 Å². The normalized spacial score (nSPS) is 18.8. The van der Waals surface area contributed by atoms with Crippen LogP contribution in [0.3, 0.4) is 0 Å². The van der Waals surface area contributed by atoms with Gasteiger partial charge in [-0.05, 0) is 45.7 Å². The van der Waals surface area contributed by atoms with Gasteiger partial charge < -0.3 is 20.6 Å². The van der Waals surface area contributed by atoms with E-state index in [9.17, 15) is 14.7 Å². The fraction of sp³-hybridized carbons (Fsp3) is 0.867. The molecular weight excluding hydrogens is 270 g/mol. The van der Waals surface area contributed by atoms with Crippen molar-refractivity contribution in [2.75, 3.05) is 19.6 Å². The molecule has 0 aromatic rings. The Morgan fingerprint density at radius 3 is 2.38 bits per heavy atom. The van der Waals surface area contributed by atoms with E-state index in [0.717, 1.165) is 32.4 Å². The minimum Gasteiger partial charge on any atom is -0.480 e. The van der Waals surface area contributed by atoms with Crippen molar-refractivity contribution in [2.24, 2.45) is 0 Å². The summed E-state index contributed by atoms with van der Waals surface area (Å²) in [6, 6.07) is -0.0482. The zero-order valence-electron chi connectivity index (χ0n) is 13.4. The van der Waals surface area contributed by atoms with Gasteiger partial charge in [-0.2, -0.15) is 0 Å². The van der Waals surface area contributed by atoms with Gasteiger partial charge in [-0.15, -0.1) is 0 Å². The van der Waals surface area contributed by atoms with Crippen molar-refractivity contribution in [2.45, 2.75) is 64.5 Å². The highest BCUT2D eigenvalue weighted by atomic mass is 16.4. The molecule has 1 aliphatic rings. The van der Waals surface area contributed by atoms with E-state index in [1.54, 1.807) is 6.92 Å². The van der Waals surface area contributed by atoms with Gasteiger partial charge in [-0.1, -0.05) is 20.3 Å². The molecule has 1 fully saturated rings. The Morgan fingerprint density at radius 2 is 1.90 bits per heavy atom. The number of carbonyl (C=O) groups excluding carboxylic acids is 1. The molecule has 1 atom stereocenters. The minimum atomic E-state index is -1.19. The number of amides is 2. The predicted molar refractivity (Wildman–Crippen MR) is 82.4 cm³/mol. The van der Waals surface area contributed by atoms with Gasteiger partial charge in [0, 0.05) is 12.6 Å². The number of piperidine rings is 1. The summed E-state index contributed by atoms with van der Waals surface area (Å²) in [5.41, 5.74) is -1.19. The van der Waals surface area contributed by atoms with Crippen LogP contribution in [0.1, 0.15) is 52.9 Å². The lowest BCUT2D eigenvalue weighted by molar-refractivity contribution is -0.144. The molecule has 0 radical (unpaired) electrons. The van der Waals surface area contributed by atoms with E-state index < -0.39 is 11.5 Å². The maximum atomic E-state index is 12.6. The van der Waals surface area contributed by atoms with Crippen LogP contribution in [-0.2, 0) is 4.79 Å². The molecule has 1 rings (SSSR count). The maximum absolute atomic E-state index is 12.6. The molecule has 0 spiro atoms. The average Bonchev–Trinajstić information content (AvgIpc) is 2.45. The van der Waals surface area contributed by atoms with Crippen molar-refractivity contribution in [1.82, 2.24) is 15.5 Å². The van der Waals surface area contributed by atoms with E-state index in [-0.39, 0.29) is 12.1 Å². The average molecular weight is 299 g/mol. The Labute approximate surface area is 127 Å². The fourth-order valence-corrected chi connectivity index (χ4v) is 2.84. The van der Waals surface area contributed by atoms with Crippen LogP contribution >= 0.6 is 0 Å². The lowest BCUT2D eigenvalue weighted by atomic mass is 9.96. The van der Waals surface area contributed by atoms with Crippen LogP contribution < -0.4 is 10.6 Å². The standard InChI is InChI=1S/C15H29N3O3/c1-4-8-15(3,13(19)20)17-14(21)18(11-5-2)12-6-9-16-10-7-12/h12,16H,4-11H2,1-3H3,(H,17,21)(H,19,20). The molecule has 0 aromatic heterocycles. The van der Waals surface area contributed by atoms with E-state index in [2.05, 4.69) is 10.6 Å². The number of hydrogen-bond donors (Lipinski definition) is 3. The number of carboxylic acids is 1. The van der Waals surface area contributed by atoms with Crippen LogP contribution in [0.15, 0.2) is 0 Å². The number of carboxylic acid groups (broad SMARTS) is 1. The van der Waals surface area contributed by atoms with Gasteiger partial charge in [0.1, 0.15) is 5.54 Å². The van der Waals surface area contributed by atoms with E-state index >= 15 is 0 Å². The Hall–Kier alpha value is -1.30. The third-order valence-corrected chi connectivity index (χ3v) is 4.08. The summed E-state index contributed by atoms with van der Waals surface area (Å²) in [5.74, 6) is -0.973. The first kappa shape index (κ1) is 17.8. The molecule has 122 valence electrons. The van der Waals surface area contributed by atoms with Gasteiger partial charge in [0.15, 0.2) is 0 Å². The van der Waals surface area contributed by atoms with Crippen LogP contribution in [-0.4, -0.2) is 53.2 Å². The molecule has 2 amide bonds. The van der Waals surface area contributed by atoms with Crippen molar-refractivity contribution in [3.05, 3.63) is 0 Å². The molecule has 0 aliphatic carbocycles. The highest BCUT2D eigenvalue weighted by Crippen LogP contribution is 2.17. The molecule has 0 aromatic carbocycles. The summed E-state index contributed by atoms with van der Waals surface area (Å²) in [6.45, 7) is 8.02. The lowest BCUT2D eigenvalue weighted by Crippen LogP contribution is -2.58. The minimum absolute atomic E-state index is 0.200. The first-order chi connectivity index (χ1) is 9.94. The molecule has 21 heavy (non-hydrogen) atoms. The van der Waals surface area contributed by atoms with Crippen LogP contribution in [0, 0.1) is 0 Å². The monoisotopic (exact) mass is 299 g/mol. The number of nitrogens with one attached hydrogen (secondary N) is 2. The molecule has 0 saturated carbocycles. The zero-order valence-corrected chi connectivity index (χ0v) is 13.4. The third-order valence-electron chi connectivity index (χ3n) is 4.08. The van der Waals surface area contributed by atoms with E-state index in [0.29, 0.717) is 19.4 Å². The Bertz CT molecular complexity index is 356. The first-order valence-electron chi connectivity index (χ1n) is 7.97. The van der Waals surface area contributed by atoms with Crippen molar-refractivity contribution in [3.63, 3.8) is 0 Å². The number of urea groups is 1. The zero-order chi connectivity index (χ0) is 15.9. The molecule has 1 heterocycles. The van der Waals surface area contributed by atoms with E-state index in [1.165, 1.54) is 0 Å². The Morgan fingerprint density at radius 1 is 1.29 bits per heavy atom. The van der Waals surface area contributed by atoms with Crippen LogP contribution in [0.25, 0.3) is 0 Å². The van der Waals surface area contributed by atoms with Crippen molar-refractivity contribution in [3.8, 4) is 0 Å². The second-order valence-corrected chi connectivity index (χ2v) is 5.99. The third kappa shape index (κ3) is 4.88. The van der Waals surface area contributed by atoms with Crippen molar-refractivity contribution >= 4 is 12.0 Å². The lowest BCUT2D eigenvalue weighted by Gasteiger charge is -2.37. The first-order valence-corrected chi connectivity index (χ1v) is 7.97. The molecule has 6 heteroatoms. The molecule has 0 bridgehead atoms. The fourth-order valence-electron chi connectivity index (χ4n) is 2.84. The van der Waals surface area contributed by atoms with Crippen LogP contribution in [0.4, 0.5) is 4.79 Å². The van der Waals surface area contributed by atoms with Gasteiger partial charge in [0.25, 0.3) is 0 Å². The topological polar surface area (TPSA) is 81.7 Å². The summed E-state index contributed by atoms with van der Waals surface area (Å²) in [4.78, 5) is 25.8. The van der Waals surface area contributed by atoms with Gasteiger partial charge >= 0.3 is 12.0 Å². The second-order valence-electron chi connectivity index (χ2n) is 5.99. The SMILES string of the molecule is CCCN(C(=O)NC(C)(CCC)C(=O)O)C1CCNCC1. The molecule has 1 aliphatic heterocycles. The Balaban J connectivity index is 2.77. The summed E-state index contributed by atoms with van der Waals surface area (Å²) >= 11 is 0. The number of rotatable bonds is 7. The summed E-state index contributed by atoms with van der Waals surface area (Å²) in [5, 5.41) is 15.4. The molecule has 3 N–H and O–H groups in total. The highest BCUT2D eigenvalue weighted by Gasteiger charge is 2.36. The van der Waals surface area contributed by atoms with Crippen LogP contribution in [0.5, 0.6) is 0 Å². The van der Waals surface area contributed by atoms with Crippen LogP contribution in [0.2, 0.25) is 0 Å². The molecular formula is C15H29N3O3. The van der Waals surface area contributed by atoms with Gasteiger partial charge in [0.2, 0.25) is 0 Å². The number of carbonyl (C=O) groups is 2. The van der Waals surface area contributed by atoms with Crippen molar-refractivity contribution < 1.29 is 14.7 Å². The highest BCUT2D eigenvalue weighted by molar-refractivity contribution is 5.86. The van der Waals surface area contributed by atoms with Gasteiger partial charge in [-0.3, -0.25) is 0 Å². The predicted octanol–water partition coefficient (Wildman–Crippen LogP) is 1.80. The quantitative estimate of drug-likeness (QED) is 0.669. The number of nitrogens with zero attached hydrogens (tertiary/aromatic N) is 1. The maximum Gasteiger partial charge on any atom is 0.329 e. The number of hydrogen-bond acceptors (Lipinski definition) is 3. The molecule has 1 saturated heterocycles. The van der Waals surface area contributed by atoms with E-state index in [4.69, 9.17) is 0 Å². The van der Waals surface area contributed by atoms with Gasteiger partial charge in [0.05, 0.1) is 0 Å². The summed E-state index contributed by atoms with van der Waals surface area (Å²) in [6.07, 6.45) is 3.86. The molecule has 6 nitrogen and oxygen atoms in total.